The first-order valence-corrected chi connectivity index (χ1v) is 6.08. The maximum Gasteiger partial charge on any atom is 0.276 e. The van der Waals surface area contributed by atoms with E-state index in [2.05, 4.69) is 10.2 Å². The number of nitrogens with zero attached hydrogens (tertiary/aromatic N) is 2. The Morgan fingerprint density at radius 1 is 1.47 bits per heavy atom. The quantitative estimate of drug-likeness (QED) is 0.741. The molecule has 86 valence electrons. The van der Waals surface area contributed by atoms with Crippen LogP contribution in [0, 0.1) is 5.92 Å². The second-order valence-corrected chi connectivity index (χ2v) is 4.61. The smallest absolute Gasteiger partial charge is 0.276 e. The van der Waals surface area contributed by atoms with Crippen LogP contribution in [0.3, 0.4) is 0 Å². The van der Waals surface area contributed by atoms with Crippen molar-refractivity contribution in [2.45, 2.75) is 37.6 Å². The van der Waals surface area contributed by atoms with Crippen molar-refractivity contribution < 1.29 is 9.52 Å². The van der Waals surface area contributed by atoms with Crippen LogP contribution in [-0.4, -0.2) is 27.6 Å². The maximum atomic E-state index is 9.82. The molecule has 0 aliphatic heterocycles. The van der Waals surface area contributed by atoms with Crippen LogP contribution < -0.4 is 5.73 Å². The van der Waals surface area contributed by atoms with Crippen LogP contribution >= 0.6 is 11.8 Å². The van der Waals surface area contributed by atoms with Crippen LogP contribution in [0.1, 0.15) is 32.3 Å². The van der Waals surface area contributed by atoms with Crippen LogP contribution in [0.2, 0.25) is 0 Å². The van der Waals surface area contributed by atoms with Crippen LogP contribution in [0.5, 0.6) is 0 Å². The largest absolute Gasteiger partial charge is 0.413 e. The fourth-order valence-corrected chi connectivity index (χ4v) is 1.57. The Labute approximate surface area is 93.4 Å². The van der Waals surface area contributed by atoms with Gasteiger partial charge in [0.1, 0.15) is 6.10 Å². The first kappa shape index (κ1) is 12.5. The van der Waals surface area contributed by atoms with Gasteiger partial charge < -0.3 is 15.3 Å². The van der Waals surface area contributed by atoms with Gasteiger partial charge in [-0.25, -0.2) is 0 Å². The van der Waals surface area contributed by atoms with Crippen molar-refractivity contribution in [3.05, 3.63) is 5.89 Å². The van der Waals surface area contributed by atoms with E-state index in [0.717, 1.165) is 6.42 Å². The van der Waals surface area contributed by atoms with Crippen molar-refractivity contribution in [2.75, 3.05) is 6.26 Å². The average molecular weight is 231 g/mol. The Morgan fingerprint density at radius 3 is 2.60 bits per heavy atom. The summed E-state index contributed by atoms with van der Waals surface area (Å²) in [5, 5.41) is 17.8. The fourth-order valence-electron chi connectivity index (χ4n) is 1.28. The van der Waals surface area contributed by atoms with E-state index in [1.54, 1.807) is 0 Å². The van der Waals surface area contributed by atoms with Gasteiger partial charge in [-0.15, -0.1) is 10.2 Å². The van der Waals surface area contributed by atoms with Gasteiger partial charge in [0.25, 0.3) is 5.22 Å². The molecule has 1 unspecified atom stereocenters. The maximum absolute atomic E-state index is 9.82. The highest BCUT2D eigenvalue weighted by Crippen LogP contribution is 2.21. The zero-order valence-corrected chi connectivity index (χ0v) is 9.99. The number of hydrogen-bond acceptors (Lipinski definition) is 6. The van der Waals surface area contributed by atoms with E-state index in [1.165, 1.54) is 11.8 Å². The second-order valence-electron chi connectivity index (χ2n) is 3.85. The van der Waals surface area contributed by atoms with Gasteiger partial charge >= 0.3 is 0 Å². The van der Waals surface area contributed by atoms with Gasteiger partial charge in [-0.1, -0.05) is 25.6 Å². The molecule has 0 saturated heterocycles. The summed E-state index contributed by atoms with van der Waals surface area (Å²) < 4.78 is 5.21. The molecule has 0 saturated carbocycles. The molecule has 0 fully saturated rings. The van der Waals surface area contributed by atoms with E-state index < -0.39 is 6.10 Å². The van der Waals surface area contributed by atoms with Crippen LogP contribution in [0.25, 0.3) is 0 Å². The lowest BCUT2D eigenvalue weighted by molar-refractivity contribution is 0.102. The van der Waals surface area contributed by atoms with E-state index >= 15 is 0 Å². The Hall–Kier alpha value is -0.590. The van der Waals surface area contributed by atoms with Crippen molar-refractivity contribution in [1.82, 2.24) is 10.2 Å². The predicted molar refractivity (Wildman–Crippen MR) is 58.5 cm³/mol. The molecule has 0 aliphatic rings. The minimum Gasteiger partial charge on any atom is -0.413 e. The van der Waals surface area contributed by atoms with Crippen LogP contribution in [0.15, 0.2) is 9.64 Å². The summed E-state index contributed by atoms with van der Waals surface area (Å²) in [7, 11) is 0. The summed E-state index contributed by atoms with van der Waals surface area (Å²) >= 11 is 1.34. The van der Waals surface area contributed by atoms with Gasteiger partial charge in [-0.05, 0) is 18.6 Å². The van der Waals surface area contributed by atoms with Crippen molar-refractivity contribution in [2.24, 2.45) is 11.7 Å². The monoisotopic (exact) mass is 231 g/mol. The molecular weight excluding hydrogens is 214 g/mol. The molecule has 0 aliphatic carbocycles. The summed E-state index contributed by atoms with van der Waals surface area (Å²) in [6.07, 6.45) is 1.68. The summed E-state index contributed by atoms with van der Waals surface area (Å²) in [6, 6.07) is -0.361. The molecule has 3 N–H and O–H groups in total. The lowest BCUT2D eigenvalue weighted by Gasteiger charge is -2.17. The molecule has 0 spiro atoms. The average Bonchev–Trinajstić information content (AvgIpc) is 2.63. The third-order valence-corrected chi connectivity index (χ3v) is 2.51. The standard InChI is InChI=1S/C9H17N3O2S/c1-5(2)4-6(10)7(13)8-11-12-9(14-8)15-3/h5-7,13H,4,10H2,1-3H3/t6-,7?/m0/s1. The molecule has 1 aromatic heterocycles. The number of thioether (sulfide) groups is 1. The van der Waals surface area contributed by atoms with Crippen molar-refractivity contribution in [3.8, 4) is 0 Å². The minimum atomic E-state index is -0.874. The summed E-state index contributed by atoms with van der Waals surface area (Å²) in [5.74, 6) is 0.630. The minimum absolute atomic E-state index is 0.201. The Morgan fingerprint density at radius 2 is 2.13 bits per heavy atom. The van der Waals surface area contributed by atoms with Crippen molar-refractivity contribution in [1.29, 1.82) is 0 Å². The Kier molecular flexibility index (Phi) is 4.56. The normalized spacial score (nSPS) is 15.6. The van der Waals surface area contributed by atoms with Gasteiger partial charge in [0.15, 0.2) is 0 Å². The number of rotatable bonds is 5. The molecular formula is C9H17N3O2S. The first-order valence-electron chi connectivity index (χ1n) is 4.85. The van der Waals surface area contributed by atoms with Crippen molar-refractivity contribution in [3.63, 3.8) is 0 Å². The zero-order chi connectivity index (χ0) is 11.4. The topological polar surface area (TPSA) is 85.2 Å². The molecule has 0 bridgehead atoms. The number of aliphatic hydroxyl groups excluding tert-OH is 1. The summed E-state index contributed by atoms with van der Waals surface area (Å²) in [6.45, 7) is 4.10. The van der Waals surface area contributed by atoms with Crippen LogP contribution in [0.4, 0.5) is 0 Å². The summed E-state index contributed by atoms with van der Waals surface area (Å²) in [4.78, 5) is 0. The van der Waals surface area contributed by atoms with E-state index in [4.69, 9.17) is 10.2 Å². The third-order valence-electron chi connectivity index (χ3n) is 2.00. The molecule has 5 nitrogen and oxygen atoms in total. The SMILES string of the molecule is CSc1nnc(C(O)[C@@H](N)CC(C)C)o1. The van der Waals surface area contributed by atoms with Crippen molar-refractivity contribution >= 4 is 11.8 Å². The zero-order valence-electron chi connectivity index (χ0n) is 9.17. The van der Waals surface area contributed by atoms with E-state index in [9.17, 15) is 5.11 Å². The molecule has 15 heavy (non-hydrogen) atoms. The Balaban J connectivity index is 2.62. The van der Waals surface area contributed by atoms with E-state index in [-0.39, 0.29) is 11.9 Å². The van der Waals surface area contributed by atoms with E-state index in [1.807, 2.05) is 20.1 Å². The Bertz CT molecular complexity index is 303. The lowest BCUT2D eigenvalue weighted by Crippen LogP contribution is -2.30. The number of nitrogens with two attached hydrogens (primary N) is 1. The molecule has 0 aromatic carbocycles. The summed E-state index contributed by atoms with van der Waals surface area (Å²) in [5.41, 5.74) is 5.82. The highest BCUT2D eigenvalue weighted by Gasteiger charge is 2.23. The van der Waals surface area contributed by atoms with Gasteiger partial charge in [0.2, 0.25) is 5.89 Å². The van der Waals surface area contributed by atoms with Crippen LogP contribution in [-0.2, 0) is 0 Å². The number of aliphatic hydroxyl groups is 1. The van der Waals surface area contributed by atoms with Gasteiger partial charge in [0, 0.05) is 6.04 Å². The molecule has 1 heterocycles. The van der Waals surface area contributed by atoms with E-state index in [0.29, 0.717) is 11.1 Å². The number of hydrogen-bond donors (Lipinski definition) is 2. The molecule has 1 aromatic rings. The van der Waals surface area contributed by atoms with Gasteiger partial charge in [-0.2, -0.15) is 0 Å². The molecule has 0 radical (unpaired) electrons. The molecule has 1 rings (SSSR count). The highest BCUT2D eigenvalue weighted by atomic mass is 32.2. The molecule has 0 amide bonds. The predicted octanol–water partition coefficient (Wildman–Crippen LogP) is 1.20. The molecule has 2 atom stereocenters. The van der Waals surface area contributed by atoms with Gasteiger partial charge in [0.05, 0.1) is 0 Å². The number of aromatic nitrogens is 2. The lowest BCUT2D eigenvalue weighted by atomic mass is 10.0. The second kappa shape index (κ2) is 5.48. The third kappa shape index (κ3) is 3.48. The fraction of sp³-hybridized carbons (Fsp3) is 0.778. The van der Waals surface area contributed by atoms with Gasteiger partial charge in [-0.3, -0.25) is 0 Å². The molecule has 6 heteroatoms. The first-order chi connectivity index (χ1) is 7.04. The highest BCUT2D eigenvalue weighted by molar-refractivity contribution is 7.98.